The predicted octanol–water partition coefficient (Wildman–Crippen LogP) is 3.93. The highest BCUT2D eigenvalue weighted by Crippen LogP contribution is 2.30. The Balaban J connectivity index is 1.52. The molecule has 0 saturated carbocycles. The van der Waals surface area contributed by atoms with Crippen LogP contribution >= 0.6 is 0 Å². The van der Waals surface area contributed by atoms with Crippen LogP contribution in [0.2, 0.25) is 0 Å². The number of carbonyl (C=O) groups is 1. The number of likely N-dealkylation sites (tertiary alicyclic amines) is 1. The topological polar surface area (TPSA) is 98.9 Å². The second kappa shape index (κ2) is 11.8. The third-order valence-corrected chi connectivity index (χ3v) is 6.54. The summed E-state index contributed by atoms with van der Waals surface area (Å²) >= 11 is 0. The molecule has 4 rings (SSSR count). The molecule has 0 atom stereocenters. The molecular weight excluding hydrogens is 488 g/mol. The van der Waals surface area contributed by atoms with Crippen LogP contribution in [0.15, 0.2) is 59.4 Å². The number of allylic oxidation sites excluding steroid dienone is 1. The SMILES string of the molecule is CC/C(=C\C(=C/N)CN1CCC(F)(F)C1)c1ccc2c(c1)C(C(=O)Nc1ccc(CN(C)C)nc1)=NCN2. The minimum Gasteiger partial charge on any atom is -0.404 e. The van der Waals surface area contributed by atoms with Gasteiger partial charge in [-0.2, -0.15) is 0 Å². The van der Waals surface area contributed by atoms with Gasteiger partial charge in [0, 0.05) is 37.3 Å². The van der Waals surface area contributed by atoms with Crippen molar-refractivity contribution >= 4 is 28.6 Å². The maximum Gasteiger partial charge on any atom is 0.274 e. The number of carbonyl (C=O) groups excluding carboxylic acids is 1. The summed E-state index contributed by atoms with van der Waals surface area (Å²) in [5.41, 5.74) is 11.9. The molecule has 1 aromatic heterocycles. The van der Waals surface area contributed by atoms with E-state index in [-0.39, 0.29) is 18.9 Å². The Hall–Kier alpha value is -3.63. The number of fused-ring (bicyclic) bond motifs is 1. The maximum absolute atomic E-state index is 13.6. The molecule has 38 heavy (non-hydrogen) atoms. The fourth-order valence-electron chi connectivity index (χ4n) is 4.64. The standard InChI is InChI=1S/C28H35F2N7O/c1-4-20(11-19(13-31)15-37-10-9-28(29,30)17-37)21-5-8-25-24(12-21)26(34-18-33-25)27(38)35-22-6-7-23(32-14-22)16-36(2)3/h5-8,11-14,33H,4,9-10,15-18,31H2,1-3H3,(H,35,38)/b19-13+,20-11+. The summed E-state index contributed by atoms with van der Waals surface area (Å²) in [5.74, 6) is -2.96. The van der Waals surface area contributed by atoms with Crippen molar-refractivity contribution in [3.05, 3.63) is 71.2 Å². The minimum atomic E-state index is -2.65. The van der Waals surface area contributed by atoms with Crippen LogP contribution in [-0.4, -0.2) is 72.7 Å². The van der Waals surface area contributed by atoms with Crippen molar-refractivity contribution in [2.45, 2.75) is 32.2 Å². The van der Waals surface area contributed by atoms with E-state index in [9.17, 15) is 13.6 Å². The van der Waals surface area contributed by atoms with Crippen molar-refractivity contribution in [2.24, 2.45) is 10.7 Å². The fraction of sp³-hybridized carbons (Fsp3) is 0.393. The predicted molar refractivity (Wildman–Crippen MR) is 148 cm³/mol. The van der Waals surface area contributed by atoms with Gasteiger partial charge in [0.2, 0.25) is 0 Å². The van der Waals surface area contributed by atoms with Gasteiger partial charge in [-0.25, -0.2) is 8.78 Å². The van der Waals surface area contributed by atoms with Crippen molar-refractivity contribution < 1.29 is 13.6 Å². The van der Waals surface area contributed by atoms with Gasteiger partial charge in [0.25, 0.3) is 11.8 Å². The van der Waals surface area contributed by atoms with Crippen LogP contribution < -0.4 is 16.4 Å². The molecule has 0 bridgehead atoms. The van der Waals surface area contributed by atoms with Crippen LogP contribution in [0.5, 0.6) is 0 Å². The van der Waals surface area contributed by atoms with E-state index in [0.717, 1.165) is 28.1 Å². The first-order valence-corrected chi connectivity index (χ1v) is 12.7. The number of benzene rings is 1. The van der Waals surface area contributed by atoms with E-state index < -0.39 is 5.92 Å². The minimum absolute atomic E-state index is 0.131. The summed E-state index contributed by atoms with van der Waals surface area (Å²) in [7, 11) is 3.94. The van der Waals surface area contributed by atoms with E-state index in [1.54, 1.807) is 11.1 Å². The molecule has 0 radical (unpaired) electrons. The Kier molecular flexibility index (Phi) is 8.53. The number of nitrogens with one attached hydrogen (secondary N) is 2. The summed E-state index contributed by atoms with van der Waals surface area (Å²) in [5, 5.41) is 6.12. The number of anilines is 2. The summed E-state index contributed by atoms with van der Waals surface area (Å²) in [4.78, 5) is 25.8. The molecule has 0 unspecified atom stereocenters. The number of rotatable bonds is 9. The molecule has 2 aromatic rings. The van der Waals surface area contributed by atoms with E-state index in [4.69, 9.17) is 5.73 Å². The van der Waals surface area contributed by atoms with E-state index in [2.05, 4.69) is 20.6 Å². The number of pyridine rings is 1. The van der Waals surface area contributed by atoms with E-state index in [0.29, 0.717) is 49.7 Å². The molecule has 3 heterocycles. The fourth-order valence-corrected chi connectivity index (χ4v) is 4.64. The quantitative estimate of drug-likeness (QED) is 0.431. The van der Waals surface area contributed by atoms with E-state index in [1.165, 1.54) is 6.20 Å². The highest BCUT2D eigenvalue weighted by atomic mass is 19.3. The van der Waals surface area contributed by atoms with Crippen LogP contribution in [0.1, 0.15) is 36.6 Å². The van der Waals surface area contributed by atoms with Crippen LogP contribution in [0.25, 0.3) is 5.57 Å². The van der Waals surface area contributed by atoms with Crippen molar-refractivity contribution in [1.29, 1.82) is 0 Å². The highest BCUT2D eigenvalue weighted by molar-refractivity contribution is 6.50. The summed E-state index contributed by atoms with van der Waals surface area (Å²) in [6.45, 7) is 3.47. The number of alkyl halides is 2. The largest absolute Gasteiger partial charge is 0.404 e. The number of amides is 1. The normalized spacial score (nSPS) is 17.7. The number of hydrogen-bond acceptors (Lipinski definition) is 7. The van der Waals surface area contributed by atoms with Gasteiger partial charge >= 0.3 is 0 Å². The first-order valence-electron chi connectivity index (χ1n) is 12.7. The maximum atomic E-state index is 13.6. The Morgan fingerprint density at radius 1 is 1.29 bits per heavy atom. The lowest BCUT2D eigenvalue weighted by atomic mass is 9.95. The van der Waals surface area contributed by atoms with Gasteiger partial charge in [-0.1, -0.05) is 19.1 Å². The number of hydrogen-bond donors (Lipinski definition) is 3. The van der Waals surface area contributed by atoms with Gasteiger partial charge in [0.05, 0.1) is 24.1 Å². The van der Waals surface area contributed by atoms with Crippen LogP contribution in [0.4, 0.5) is 20.2 Å². The molecular formula is C28H35F2N7O. The molecule has 4 N–H and O–H groups in total. The van der Waals surface area contributed by atoms with Crippen LogP contribution in [0.3, 0.4) is 0 Å². The molecule has 10 heteroatoms. The van der Waals surface area contributed by atoms with Gasteiger partial charge in [0.15, 0.2) is 0 Å². The van der Waals surface area contributed by atoms with Crippen LogP contribution in [-0.2, 0) is 11.3 Å². The number of halogens is 2. The smallest absolute Gasteiger partial charge is 0.274 e. The van der Waals surface area contributed by atoms with Gasteiger partial charge in [-0.3, -0.25) is 19.7 Å². The zero-order valence-electron chi connectivity index (χ0n) is 22.1. The lowest BCUT2D eigenvalue weighted by Crippen LogP contribution is -2.28. The van der Waals surface area contributed by atoms with Gasteiger partial charge < -0.3 is 21.3 Å². The number of aromatic nitrogens is 1. The average molecular weight is 524 g/mol. The third-order valence-electron chi connectivity index (χ3n) is 6.54. The summed E-state index contributed by atoms with van der Waals surface area (Å²) in [6.07, 6.45) is 5.64. The van der Waals surface area contributed by atoms with Gasteiger partial charge in [-0.15, -0.1) is 0 Å². The number of nitrogens with two attached hydrogens (primary N) is 1. The molecule has 2 aliphatic rings. The molecule has 1 aromatic carbocycles. The zero-order valence-corrected chi connectivity index (χ0v) is 22.1. The Labute approximate surface area is 222 Å². The molecule has 2 aliphatic heterocycles. The second-order valence-electron chi connectivity index (χ2n) is 9.91. The lowest BCUT2D eigenvalue weighted by Gasteiger charge is -2.20. The monoisotopic (exact) mass is 523 g/mol. The van der Waals surface area contributed by atoms with Crippen LogP contribution in [0, 0.1) is 0 Å². The Morgan fingerprint density at radius 2 is 2.11 bits per heavy atom. The molecule has 8 nitrogen and oxygen atoms in total. The van der Waals surface area contributed by atoms with Crippen molar-refractivity contribution in [3.63, 3.8) is 0 Å². The van der Waals surface area contributed by atoms with Crippen molar-refractivity contribution in [3.8, 4) is 0 Å². The Morgan fingerprint density at radius 3 is 2.74 bits per heavy atom. The number of aliphatic imine (C=N–C) groups is 1. The first kappa shape index (κ1) is 27.4. The molecule has 0 spiro atoms. The molecule has 1 fully saturated rings. The van der Waals surface area contributed by atoms with Gasteiger partial charge in [0.1, 0.15) is 12.4 Å². The van der Waals surface area contributed by atoms with Crippen molar-refractivity contribution in [2.75, 3.05) is 51.0 Å². The first-order chi connectivity index (χ1) is 18.2. The lowest BCUT2D eigenvalue weighted by molar-refractivity contribution is -0.110. The van der Waals surface area contributed by atoms with Crippen molar-refractivity contribution in [1.82, 2.24) is 14.8 Å². The van der Waals surface area contributed by atoms with Gasteiger partial charge in [-0.05, 0) is 67.7 Å². The summed E-state index contributed by atoms with van der Waals surface area (Å²) < 4.78 is 27.3. The second-order valence-corrected chi connectivity index (χ2v) is 9.91. The average Bonchev–Trinajstić information content (AvgIpc) is 3.24. The highest BCUT2D eigenvalue weighted by Gasteiger charge is 2.38. The van der Waals surface area contributed by atoms with E-state index in [1.807, 2.05) is 62.3 Å². The third kappa shape index (κ3) is 6.81. The molecule has 202 valence electrons. The zero-order chi connectivity index (χ0) is 27.3. The summed E-state index contributed by atoms with van der Waals surface area (Å²) in [6, 6.07) is 9.56. The Bertz CT molecular complexity index is 1250. The van der Waals surface area contributed by atoms with E-state index >= 15 is 0 Å². The molecule has 0 aliphatic carbocycles. The number of nitrogens with zero attached hydrogens (tertiary/aromatic N) is 4. The molecule has 1 saturated heterocycles. The molecule has 1 amide bonds.